The monoisotopic (exact) mass is 405 g/mol. The van der Waals surface area contributed by atoms with Gasteiger partial charge in [-0.3, -0.25) is 14.4 Å². The van der Waals surface area contributed by atoms with Gasteiger partial charge >= 0.3 is 0 Å². The Bertz CT molecular complexity index is 725. The van der Waals surface area contributed by atoms with Crippen LogP contribution >= 0.6 is 11.6 Å². The van der Waals surface area contributed by atoms with Crippen LogP contribution in [0.1, 0.15) is 49.4 Å². The number of piperidine rings is 2. The summed E-state index contributed by atoms with van der Waals surface area (Å²) in [5.41, 5.74) is 0.377. The zero-order chi connectivity index (χ0) is 20.1. The average Bonchev–Trinajstić information content (AvgIpc) is 2.72. The van der Waals surface area contributed by atoms with E-state index in [1.54, 1.807) is 36.1 Å². The highest BCUT2D eigenvalue weighted by atomic mass is 35.5. The molecule has 2 saturated heterocycles. The highest BCUT2D eigenvalue weighted by Gasteiger charge is 2.36. The summed E-state index contributed by atoms with van der Waals surface area (Å²) in [7, 11) is 0. The first-order chi connectivity index (χ1) is 13.5. The minimum atomic E-state index is -0.587. The molecular weight excluding hydrogens is 378 g/mol. The molecular formula is C21H28ClN3O3. The first-order valence-corrected chi connectivity index (χ1v) is 10.4. The zero-order valence-corrected chi connectivity index (χ0v) is 17.1. The van der Waals surface area contributed by atoms with Gasteiger partial charge in [-0.15, -0.1) is 0 Å². The summed E-state index contributed by atoms with van der Waals surface area (Å²) in [4.78, 5) is 41.4. The van der Waals surface area contributed by atoms with E-state index in [0.717, 1.165) is 32.4 Å². The number of rotatable bonds is 4. The second kappa shape index (κ2) is 9.41. The lowest BCUT2D eigenvalue weighted by Crippen LogP contribution is -2.55. The number of nitrogens with one attached hydrogen (secondary N) is 1. The highest BCUT2D eigenvalue weighted by Crippen LogP contribution is 2.24. The SMILES string of the molecule is CC(=O)N1CCC(C(NC(=O)c2ccccc2Cl)C(=O)N2CCCCC2)CC1. The molecule has 2 heterocycles. The Morgan fingerprint density at radius 3 is 2.25 bits per heavy atom. The maximum absolute atomic E-state index is 13.3. The number of hydrogen-bond donors (Lipinski definition) is 1. The van der Waals surface area contributed by atoms with Gasteiger partial charge in [-0.25, -0.2) is 0 Å². The molecule has 0 bridgehead atoms. The molecule has 0 aromatic heterocycles. The second-order valence-electron chi connectivity index (χ2n) is 7.66. The summed E-state index contributed by atoms with van der Waals surface area (Å²) < 4.78 is 0. The fourth-order valence-corrected chi connectivity index (χ4v) is 4.33. The van der Waals surface area contributed by atoms with Crippen LogP contribution in [0.15, 0.2) is 24.3 Å². The van der Waals surface area contributed by atoms with Crippen molar-refractivity contribution in [2.24, 2.45) is 5.92 Å². The van der Waals surface area contributed by atoms with Crippen LogP contribution in [0.2, 0.25) is 5.02 Å². The molecule has 1 aromatic carbocycles. The van der Waals surface area contributed by atoms with E-state index >= 15 is 0 Å². The van der Waals surface area contributed by atoms with E-state index in [0.29, 0.717) is 36.5 Å². The molecule has 152 valence electrons. The smallest absolute Gasteiger partial charge is 0.253 e. The van der Waals surface area contributed by atoms with Crippen LogP contribution < -0.4 is 5.32 Å². The van der Waals surface area contributed by atoms with Gasteiger partial charge in [-0.05, 0) is 50.2 Å². The highest BCUT2D eigenvalue weighted by molar-refractivity contribution is 6.33. The largest absolute Gasteiger partial charge is 0.343 e. The normalized spacial score (nSPS) is 19.2. The first kappa shape index (κ1) is 20.6. The molecule has 1 atom stereocenters. The van der Waals surface area contributed by atoms with Gasteiger partial charge in [0.1, 0.15) is 6.04 Å². The van der Waals surface area contributed by atoms with Crippen molar-refractivity contribution in [1.82, 2.24) is 15.1 Å². The Morgan fingerprint density at radius 2 is 1.64 bits per heavy atom. The molecule has 1 aromatic rings. The number of halogens is 1. The lowest BCUT2D eigenvalue weighted by Gasteiger charge is -2.38. The lowest BCUT2D eigenvalue weighted by molar-refractivity contribution is -0.136. The van der Waals surface area contributed by atoms with Gasteiger partial charge in [0.15, 0.2) is 0 Å². The van der Waals surface area contributed by atoms with Gasteiger partial charge in [0.05, 0.1) is 10.6 Å². The van der Waals surface area contributed by atoms with E-state index in [1.807, 2.05) is 4.90 Å². The van der Waals surface area contributed by atoms with Crippen molar-refractivity contribution >= 4 is 29.3 Å². The summed E-state index contributed by atoms with van der Waals surface area (Å²) >= 11 is 6.17. The van der Waals surface area contributed by atoms with Gasteiger partial charge in [-0.2, -0.15) is 0 Å². The van der Waals surface area contributed by atoms with Crippen LogP contribution in [0.25, 0.3) is 0 Å². The molecule has 2 aliphatic heterocycles. The lowest BCUT2D eigenvalue weighted by atomic mass is 9.87. The summed E-state index contributed by atoms with van der Waals surface area (Å²) in [6.07, 6.45) is 4.54. The van der Waals surface area contributed by atoms with Crippen molar-refractivity contribution in [2.45, 2.75) is 45.1 Å². The Kier molecular flexibility index (Phi) is 6.94. The van der Waals surface area contributed by atoms with E-state index in [1.165, 1.54) is 0 Å². The molecule has 0 spiro atoms. The Labute approximate surface area is 171 Å². The van der Waals surface area contributed by atoms with E-state index in [9.17, 15) is 14.4 Å². The van der Waals surface area contributed by atoms with Gasteiger partial charge in [0.25, 0.3) is 5.91 Å². The number of benzene rings is 1. The molecule has 3 rings (SSSR count). The minimum absolute atomic E-state index is 0.0106. The maximum Gasteiger partial charge on any atom is 0.253 e. The van der Waals surface area contributed by atoms with Crippen molar-refractivity contribution in [3.63, 3.8) is 0 Å². The van der Waals surface area contributed by atoms with Gasteiger partial charge in [-0.1, -0.05) is 23.7 Å². The third-order valence-corrected chi connectivity index (χ3v) is 6.12. The van der Waals surface area contributed by atoms with Crippen molar-refractivity contribution in [1.29, 1.82) is 0 Å². The Balaban J connectivity index is 1.76. The summed E-state index contributed by atoms with van der Waals surface area (Å²) in [5, 5.41) is 3.34. The van der Waals surface area contributed by atoms with Crippen LogP contribution in [0.5, 0.6) is 0 Å². The fraction of sp³-hybridized carbons (Fsp3) is 0.571. The van der Waals surface area contributed by atoms with Crippen LogP contribution in [-0.4, -0.2) is 59.7 Å². The molecule has 1 N–H and O–H groups in total. The number of hydrogen-bond acceptors (Lipinski definition) is 3. The summed E-state index contributed by atoms with van der Waals surface area (Å²) in [6.45, 7) is 4.28. The molecule has 1 unspecified atom stereocenters. The van der Waals surface area contributed by atoms with E-state index in [-0.39, 0.29) is 23.6 Å². The summed E-state index contributed by atoms with van der Waals surface area (Å²) in [6, 6.07) is 6.28. The van der Waals surface area contributed by atoms with Crippen LogP contribution in [0, 0.1) is 5.92 Å². The topological polar surface area (TPSA) is 69.7 Å². The molecule has 7 heteroatoms. The van der Waals surface area contributed by atoms with Crippen LogP contribution in [-0.2, 0) is 9.59 Å². The van der Waals surface area contributed by atoms with Gasteiger partial charge < -0.3 is 15.1 Å². The third-order valence-electron chi connectivity index (χ3n) is 5.80. The van der Waals surface area contributed by atoms with Crippen molar-refractivity contribution < 1.29 is 14.4 Å². The van der Waals surface area contributed by atoms with Crippen LogP contribution in [0.3, 0.4) is 0 Å². The first-order valence-electron chi connectivity index (χ1n) is 10.1. The molecule has 0 aliphatic carbocycles. The number of nitrogens with zero attached hydrogens (tertiary/aromatic N) is 2. The molecule has 28 heavy (non-hydrogen) atoms. The van der Waals surface area contributed by atoms with Crippen molar-refractivity contribution in [3.8, 4) is 0 Å². The predicted octanol–water partition coefficient (Wildman–Crippen LogP) is 2.71. The average molecular weight is 406 g/mol. The van der Waals surface area contributed by atoms with Gasteiger partial charge in [0, 0.05) is 33.1 Å². The number of carbonyl (C=O) groups is 3. The minimum Gasteiger partial charge on any atom is -0.343 e. The standard InChI is InChI=1S/C21H28ClN3O3/c1-15(26)24-13-9-16(10-14-24)19(21(28)25-11-5-2-6-12-25)23-20(27)17-7-3-4-8-18(17)22/h3-4,7-8,16,19H,2,5-6,9-14H2,1H3,(H,23,27). The Morgan fingerprint density at radius 1 is 1.00 bits per heavy atom. The molecule has 0 saturated carbocycles. The van der Waals surface area contributed by atoms with E-state index in [2.05, 4.69) is 5.32 Å². The number of likely N-dealkylation sites (tertiary alicyclic amines) is 2. The van der Waals surface area contributed by atoms with E-state index in [4.69, 9.17) is 11.6 Å². The third kappa shape index (κ3) is 4.85. The van der Waals surface area contributed by atoms with Crippen LogP contribution in [0.4, 0.5) is 0 Å². The predicted molar refractivity (Wildman–Crippen MR) is 108 cm³/mol. The summed E-state index contributed by atoms with van der Waals surface area (Å²) in [5.74, 6) is -0.273. The number of amides is 3. The Hall–Kier alpha value is -2.08. The fourth-order valence-electron chi connectivity index (χ4n) is 4.10. The molecule has 3 amide bonds. The second-order valence-corrected chi connectivity index (χ2v) is 8.07. The zero-order valence-electron chi connectivity index (χ0n) is 16.3. The maximum atomic E-state index is 13.3. The van der Waals surface area contributed by atoms with Crippen molar-refractivity contribution in [3.05, 3.63) is 34.9 Å². The quantitative estimate of drug-likeness (QED) is 0.837. The van der Waals surface area contributed by atoms with Crippen molar-refractivity contribution in [2.75, 3.05) is 26.2 Å². The molecule has 6 nitrogen and oxygen atoms in total. The molecule has 2 fully saturated rings. The molecule has 0 radical (unpaired) electrons. The van der Waals surface area contributed by atoms with E-state index < -0.39 is 6.04 Å². The number of carbonyl (C=O) groups excluding carboxylic acids is 3. The molecule has 2 aliphatic rings. The van der Waals surface area contributed by atoms with Gasteiger partial charge in [0.2, 0.25) is 11.8 Å².